The maximum atomic E-state index is 14.1. The second-order valence-corrected chi connectivity index (χ2v) is 5.94. The first-order chi connectivity index (χ1) is 10.6. The van der Waals surface area contributed by atoms with Gasteiger partial charge in [-0.3, -0.25) is 5.32 Å². The fourth-order valence-corrected chi connectivity index (χ4v) is 2.79. The molecule has 0 amide bonds. The Balaban J connectivity index is 2.21. The zero-order valence-corrected chi connectivity index (χ0v) is 13.2. The van der Waals surface area contributed by atoms with Crippen LogP contribution in [0.15, 0.2) is 23.2 Å². The zero-order chi connectivity index (χ0) is 15.9. The van der Waals surface area contributed by atoms with Crippen LogP contribution in [0.4, 0.5) is 15.8 Å². The molecule has 0 bridgehead atoms. The first kappa shape index (κ1) is 16.6. The molecule has 0 atom stereocenters. The van der Waals surface area contributed by atoms with Crippen molar-refractivity contribution < 1.29 is 9.50 Å². The van der Waals surface area contributed by atoms with Gasteiger partial charge in [0.1, 0.15) is 5.69 Å². The van der Waals surface area contributed by atoms with Gasteiger partial charge in [-0.25, -0.2) is 9.38 Å². The van der Waals surface area contributed by atoms with Gasteiger partial charge < -0.3 is 10.4 Å². The summed E-state index contributed by atoms with van der Waals surface area (Å²) in [6, 6.07) is 4.95. The monoisotopic (exact) mass is 322 g/mol. The molecule has 0 aromatic heterocycles. The summed E-state index contributed by atoms with van der Waals surface area (Å²) in [6.07, 6.45) is 6.50. The van der Waals surface area contributed by atoms with Gasteiger partial charge in [0.15, 0.2) is 17.2 Å². The minimum Gasteiger partial charge on any atom is -0.393 e. The van der Waals surface area contributed by atoms with Gasteiger partial charge >= 0.3 is 0 Å². The van der Waals surface area contributed by atoms with Crippen LogP contribution in [0.1, 0.15) is 25.7 Å². The van der Waals surface area contributed by atoms with Crippen LogP contribution in [0.25, 0.3) is 0 Å². The van der Waals surface area contributed by atoms with E-state index in [9.17, 15) is 9.50 Å². The molecule has 22 heavy (non-hydrogen) atoms. The van der Waals surface area contributed by atoms with E-state index < -0.39 is 5.82 Å². The van der Waals surface area contributed by atoms with Crippen LogP contribution in [0, 0.1) is 17.3 Å². The van der Waals surface area contributed by atoms with Crippen LogP contribution in [0.5, 0.6) is 0 Å². The zero-order valence-electron chi connectivity index (χ0n) is 12.3. The summed E-state index contributed by atoms with van der Waals surface area (Å²) in [6.45, 7) is 0. The summed E-state index contributed by atoms with van der Waals surface area (Å²) < 4.78 is 14.1. The van der Waals surface area contributed by atoms with Crippen LogP contribution in [0.2, 0.25) is 0 Å². The number of thioether (sulfide) groups is 1. The summed E-state index contributed by atoms with van der Waals surface area (Å²) in [5, 5.41) is 24.3. The summed E-state index contributed by atoms with van der Waals surface area (Å²) in [7, 11) is 0. The SMILES string of the molecule is CSC(=Nc1c(F)cccc1NC1CCC(O)CC1)NC#N. The van der Waals surface area contributed by atoms with Crippen molar-refractivity contribution in [2.24, 2.45) is 4.99 Å². The standard InChI is InChI=1S/C15H19FN4OS/c1-22-15(18-9-17)20-14-12(16)3-2-4-13(14)19-10-5-7-11(21)8-6-10/h2-4,10-11,19,21H,5-8H2,1H3,(H,18,20). The predicted octanol–water partition coefficient (Wildman–Crippen LogP) is 2.96. The number of nitrogens with zero attached hydrogens (tertiary/aromatic N) is 2. The van der Waals surface area contributed by atoms with E-state index in [2.05, 4.69) is 15.6 Å². The molecule has 1 aliphatic carbocycles. The normalized spacial score (nSPS) is 22.0. The Hall–Kier alpha value is -1.78. The van der Waals surface area contributed by atoms with Crippen molar-refractivity contribution in [3.05, 3.63) is 24.0 Å². The van der Waals surface area contributed by atoms with Gasteiger partial charge in [0, 0.05) is 6.04 Å². The molecule has 0 aliphatic heterocycles. The van der Waals surface area contributed by atoms with Gasteiger partial charge in [-0.1, -0.05) is 17.8 Å². The Labute approximate surface area is 133 Å². The molecule has 0 saturated heterocycles. The van der Waals surface area contributed by atoms with Gasteiger partial charge in [0.25, 0.3) is 0 Å². The first-order valence-electron chi connectivity index (χ1n) is 7.15. The van der Waals surface area contributed by atoms with E-state index in [0.717, 1.165) is 25.7 Å². The molecule has 1 aromatic carbocycles. The highest BCUT2D eigenvalue weighted by Gasteiger charge is 2.20. The summed E-state index contributed by atoms with van der Waals surface area (Å²) in [4.78, 5) is 4.21. The molecular formula is C15H19FN4OS. The van der Waals surface area contributed by atoms with Gasteiger partial charge in [-0.05, 0) is 44.1 Å². The van der Waals surface area contributed by atoms with Crippen molar-refractivity contribution in [3.63, 3.8) is 0 Å². The van der Waals surface area contributed by atoms with Gasteiger partial charge in [-0.2, -0.15) is 5.26 Å². The lowest BCUT2D eigenvalue weighted by atomic mass is 9.93. The molecule has 1 aliphatic rings. The van der Waals surface area contributed by atoms with Crippen molar-refractivity contribution in [2.45, 2.75) is 37.8 Å². The molecule has 3 N–H and O–H groups in total. The number of hydrogen-bond donors (Lipinski definition) is 3. The molecule has 5 nitrogen and oxygen atoms in total. The lowest BCUT2D eigenvalue weighted by Gasteiger charge is -2.27. The molecule has 7 heteroatoms. The van der Waals surface area contributed by atoms with E-state index >= 15 is 0 Å². The highest BCUT2D eigenvalue weighted by atomic mass is 32.2. The third kappa shape index (κ3) is 4.36. The predicted molar refractivity (Wildman–Crippen MR) is 87.6 cm³/mol. The largest absolute Gasteiger partial charge is 0.393 e. The smallest absolute Gasteiger partial charge is 0.183 e. The fraction of sp³-hybridized carbons (Fsp3) is 0.467. The molecule has 0 spiro atoms. The van der Waals surface area contributed by atoms with Crippen LogP contribution in [0.3, 0.4) is 0 Å². The molecule has 0 unspecified atom stereocenters. The third-order valence-corrected chi connectivity index (χ3v) is 4.19. The molecule has 1 fully saturated rings. The summed E-state index contributed by atoms with van der Waals surface area (Å²) >= 11 is 1.24. The number of nitrogens with one attached hydrogen (secondary N) is 2. The second-order valence-electron chi connectivity index (χ2n) is 5.14. The average molecular weight is 322 g/mol. The Morgan fingerprint density at radius 2 is 2.14 bits per heavy atom. The molecule has 1 saturated carbocycles. The Bertz CT molecular complexity index is 579. The number of anilines is 1. The topological polar surface area (TPSA) is 80.4 Å². The Kier molecular flexibility index (Phi) is 6.04. The lowest BCUT2D eigenvalue weighted by Crippen LogP contribution is -2.28. The number of nitriles is 1. The fourth-order valence-electron chi connectivity index (χ4n) is 2.46. The van der Waals surface area contributed by atoms with E-state index in [0.29, 0.717) is 10.9 Å². The maximum absolute atomic E-state index is 14.1. The average Bonchev–Trinajstić information content (AvgIpc) is 2.52. The van der Waals surface area contributed by atoms with Crippen LogP contribution in [-0.4, -0.2) is 28.7 Å². The van der Waals surface area contributed by atoms with Crippen molar-refractivity contribution in [2.75, 3.05) is 11.6 Å². The minimum absolute atomic E-state index is 0.195. The summed E-state index contributed by atoms with van der Waals surface area (Å²) in [5.41, 5.74) is 0.799. The number of para-hydroxylation sites is 1. The van der Waals surface area contributed by atoms with Crippen molar-refractivity contribution in [1.82, 2.24) is 5.32 Å². The highest BCUT2D eigenvalue weighted by Crippen LogP contribution is 2.31. The third-order valence-electron chi connectivity index (χ3n) is 3.61. The van der Waals surface area contributed by atoms with Gasteiger partial charge in [-0.15, -0.1) is 0 Å². The van der Waals surface area contributed by atoms with Gasteiger partial charge in [0.05, 0.1) is 11.8 Å². The maximum Gasteiger partial charge on any atom is 0.183 e. The van der Waals surface area contributed by atoms with E-state index in [4.69, 9.17) is 5.26 Å². The molecule has 118 valence electrons. The van der Waals surface area contributed by atoms with E-state index in [-0.39, 0.29) is 17.8 Å². The number of rotatable bonds is 3. The van der Waals surface area contributed by atoms with Crippen molar-refractivity contribution in [1.29, 1.82) is 5.26 Å². The summed E-state index contributed by atoms with van der Waals surface area (Å²) in [5.74, 6) is -0.438. The number of aliphatic hydroxyl groups excluding tert-OH is 1. The lowest BCUT2D eigenvalue weighted by molar-refractivity contribution is 0.126. The molecule has 0 radical (unpaired) electrons. The molecule has 2 rings (SSSR count). The van der Waals surface area contributed by atoms with E-state index in [1.165, 1.54) is 17.8 Å². The highest BCUT2D eigenvalue weighted by molar-refractivity contribution is 8.13. The number of hydrogen-bond acceptors (Lipinski definition) is 5. The second kappa shape index (κ2) is 8.01. The number of benzene rings is 1. The quantitative estimate of drug-likeness (QED) is 0.345. The van der Waals surface area contributed by atoms with E-state index in [1.807, 2.05) is 0 Å². The van der Waals surface area contributed by atoms with Gasteiger partial charge in [0.2, 0.25) is 0 Å². The molecular weight excluding hydrogens is 303 g/mol. The minimum atomic E-state index is -0.438. The number of aliphatic hydroxyl groups is 1. The van der Waals surface area contributed by atoms with E-state index in [1.54, 1.807) is 24.6 Å². The Morgan fingerprint density at radius 3 is 2.77 bits per heavy atom. The number of amidine groups is 1. The first-order valence-corrected chi connectivity index (χ1v) is 8.37. The Morgan fingerprint density at radius 1 is 1.41 bits per heavy atom. The van der Waals surface area contributed by atoms with Crippen LogP contribution in [-0.2, 0) is 0 Å². The number of halogens is 1. The molecule has 0 heterocycles. The van der Waals surface area contributed by atoms with Crippen LogP contribution >= 0.6 is 11.8 Å². The van der Waals surface area contributed by atoms with Crippen LogP contribution < -0.4 is 10.6 Å². The van der Waals surface area contributed by atoms with Crippen molar-refractivity contribution in [3.8, 4) is 6.19 Å². The molecule has 1 aromatic rings. The number of aliphatic imine (C=N–C) groups is 1. The van der Waals surface area contributed by atoms with Crippen molar-refractivity contribution >= 4 is 28.3 Å².